The zero-order valence-corrected chi connectivity index (χ0v) is 10.9. The third kappa shape index (κ3) is 2.25. The monoisotopic (exact) mass is 248 g/mol. The Morgan fingerprint density at radius 3 is 2.56 bits per heavy atom. The van der Waals surface area contributed by atoms with E-state index in [2.05, 4.69) is 20.5 Å². The zero-order valence-electron chi connectivity index (χ0n) is 10.9. The normalized spacial score (nSPS) is 10.5. The molecule has 2 rings (SSSR count). The van der Waals surface area contributed by atoms with E-state index in [4.69, 9.17) is 10.6 Å². The minimum atomic E-state index is 0.439. The van der Waals surface area contributed by atoms with E-state index in [1.807, 2.05) is 20.9 Å². The highest BCUT2D eigenvalue weighted by Gasteiger charge is 2.13. The second kappa shape index (κ2) is 4.61. The van der Waals surface area contributed by atoms with Gasteiger partial charge in [0.1, 0.15) is 17.3 Å². The molecule has 0 aliphatic rings. The van der Waals surface area contributed by atoms with Gasteiger partial charge in [0.25, 0.3) is 0 Å². The zero-order chi connectivity index (χ0) is 13.3. The van der Waals surface area contributed by atoms with Gasteiger partial charge in [-0.25, -0.2) is 10.8 Å². The van der Waals surface area contributed by atoms with Gasteiger partial charge in [0.05, 0.1) is 5.69 Å². The van der Waals surface area contributed by atoms with Crippen molar-refractivity contribution in [1.82, 2.24) is 19.7 Å². The van der Waals surface area contributed by atoms with Crippen LogP contribution >= 0.6 is 0 Å². The van der Waals surface area contributed by atoms with Gasteiger partial charge in [-0.15, -0.1) is 0 Å². The van der Waals surface area contributed by atoms with Crippen molar-refractivity contribution in [3.63, 3.8) is 0 Å². The minimum Gasteiger partial charge on any atom is -0.435 e. The van der Waals surface area contributed by atoms with Crippen molar-refractivity contribution in [2.24, 2.45) is 12.9 Å². The molecule has 0 unspecified atom stereocenters. The third-order valence-corrected chi connectivity index (χ3v) is 2.61. The maximum absolute atomic E-state index is 5.75. The van der Waals surface area contributed by atoms with Gasteiger partial charge in [0, 0.05) is 13.1 Å². The van der Waals surface area contributed by atoms with Crippen LogP contribution in [-0.2, 0) is 7.05 Å². The number of hydrazine groups is 1. The summed E-state index contributed by atoms with van der Waals surface area (Å²) in [6.07, 6.45) is 0. The fraction of sp³-hybridized carbons (Fsp3) is 0.364. The summed E-state index contributed by atoms with van der Waals surface area (Å²) < 4.78 is 7.52. The molecule has 0 aliphatic carbocycles. The molecule has 0 spiro atoms. The van der Waals surface area contributed by atoms with Gasteiger partial charge < -0.3 is 10.2 Å². The van der Waals surface area contributed by atoms with Gasteiger partial charge in [0.2, 0.25) is 5.88 Å². The van der Waals surface area contributed by atoms with Crippen molar-refractivity contribution in [2.45, 2.75) is 20.8 Å². The molecule has 2 heterocycles. The summed E-state index contributed by atoms with van der Waals surface area (Å²) >= 11 is 0. The predicted molar refractivity (Wildman–Crippen MR) is 67.3 cm³/mol. The molecular weight excluding hydrogens is 232 g/mol. The van der Waals surface area contributed by atoms with E-state index in [0.717, 1.165) is 11.4 Å². The van der Waals surface area contributed by atoms with Gasteiger partial charge in [-0.3, -0.25) is 4.68 Å². The SMILES string of the molecule is Cc1nc(NN)cc(Oc2c(C)nn(C)c2C)n1. The molecule has 7 nitrogen and oxygen atoms in total. The molecule has 2 aromatic heterocycles. The van der Waals surface area contributed by atoms with Crippen LogP contribution in [0.5, 0.6) is 11.6 Å². The Morgan fingerprint density at radius 1 is 1.28 bits per heavy atom. The molecule has 96 valence electrons. The van der Waals surface area contributed by atoms with Gasteiger partial charge in [-0.2, -0.15) is 10.1 Å². The Morgan fingerprint density at radius 2 is 2.00 bits per heavy atom. The number of hydrogen-bond acceptors (Lipinski definition) is 6. The largest absolute Gasteiger partial charge is 0.435 e. The topological polar surface area (TPSA) is 90.9 Å². The molecule has 0 radical (unpaired) electrons. The number of nitrogens with two attached hydrogens (primary N) is 1. The van der Waals surface area contributed by atoms with Crippen molar-refractivity contribution < 1.29 is 4.74 Å². The smallest absolute Gasteiger partial charge is 0.224 e. The van der Waals surface area contributed by atoms with Crippen LogP contribution in [0.4, 0.5) is 5.82 Å². The van der Waals surface area contributed by atoms with Crippen LogP contribution in [0.2, 0.25) is 0 Å². The molecule has 2 aromatic rings. The number of nitrogens with one attached hydrogen (secondary N) is 1. The summed E-state index contributed by atoms with van der Waals surface area (Å²) in [5, 5.41) is 4.28. The number of rotatable bonds is 3. The standard InChI is InChI=1S/C11H16N6O/c1-6-11(7(2)17(4)16-6)18-10-5-9(15-12)13-8(3)14-10/h5H,12H2,1-4H3,(H,13,14,15). The van der Waals surface area contributed by atoms with E-state index >= 15 is 0 Å². The predicted octanol–water partition coefficient (Wildman–Crippen LogP) is 1.21. The molecule has 0 bridgehead atoms. The first-order chi connectivity index (χ1) is 8.51. The first-order valence-corrected chi connectivity index (χ1v) is 5.51. The highest BCUT2D eigenvalue weighted by atomic mass is 16.5. The summed E-state index contributed by atoms with van der Waals surface area (Å²) in [5.41, 5.74) is 4.23. The Labute approximate surface area is 105 Å². The molecule has 0 aliphatic heterocycles. The Bertz CT molecular complexity index is 577. The quantitative estimate of drug-likeness (QED) is 0.626. The van der Waals surface area contributed by atoms with Crippen molar-refractivity contribution in [3.05, 3.63) is 23.3 Å². The van der Waals surface area contributed by atoms with Crippen molar-refractivity contribution >= 4 is 5.82 Å². The second-order valence-corrected chi connectivity index (χ2v) is 4.01. The van der Waals surface area contributed by atoms with Crippen LogP contribution in [-0.4, -0.2) is 19.7 Å². The van der Waals surface area contributed by atoms with Gasteiger partial charge in [-0.1, -0.05) is 0 Å². The maximum atomic E-state index is 5.75. The second-order valence-electron chi connectivity index (χ2n) is 4.01. The number of hydrogen-bond donors (Lipinski definition) is 2. The van der Waals surface area contributed by atoms with Crippen LogP contribution < -0.4 is 16.0 Å². The molecule has 0 atom stereocenters. The first-order valence-electron chi connectivity index (χ1n) is 5.51. The van der Waals surface area contributed by atoms with Crippen LogP contribution in [0.15, 0.2) is 6.07 Å². The molecule has 7 heteroatoms. The summed E-state index contributed by atoms with van der Waals surface area (Å²) in [6.45, 7) is 5.60. The van der Waals surface area contributed by atoms with E-state index in [9.17, 15) is 0 Å². The lowest BCUT2D eigenvalue weighted by Crippen LogP contribution is -2.10. The van der Waals surface area contributed by atoms with Crippen molar-refractivity contribution in [2.75, 3.05) is 5.43 Å². The lowest BCUT2D eigenvalue weighted by molar-refractivity contribution is 0.452. The average Bonchev–Trinajstić information content (AvgIpc) is 2.55. The van der Waals surface area contributed by atoms with Crippen LogP contribution in [0.3, 0.4) is 0 Å². The minimum absolute atomic E-state index is 0.439. The first kappa shape index (κ1) is 12.3. The highest BCUT2D eigenvalue weighted by molar-refractivity contribution is 5.40. The molecule has 18 heavy (non-hydrogen) atoms. The Balaban J connectivity index is 2.36. The molecular formula is C11H16N6O. The highest BCUT2D eigenvalue weighted by Crippen LogP contribution is 2.27. The van der Waals surface area contributed by atoms with E-state index < -0.39 is 0 Å². The van der Waals surface area contributed by atoms with E-state index in [0.29, 0.717) is 23.3 Å². The molecule has 0 saturated heterocycles. The number of ether oxygens (including phenoxy) is 1. The maximum Gasteiger partial charge on any atom is 0.224 e. The van der Waals surface area contributed by atoms with E-state index in [-0.39, 0.29) is 0 Å². The average molecular weight is 248 g/mol. The number of nitrogen functional groups attached to an aromatic ring is 1. The summed E-state index contributed by atoms with van der Waals surface area (Å²) in [6, 6.07) is 1.64. The fourth-order valence-electron chi connectivity index (χ4n) is 1.67. The van der Waals surface area contributed by atoms with Crippen molar-refractivity contribution in [3.8, 4) is 11.6 Å². The number of nitrogens with zero attached hydrogens (tertiary/aromatic N) is 4. The van der Waals surface area contributed by atoms with Crippen LogP contribution in [0, 0.1) is 20.8 Å². The lowest BCUT2D eigenvalue weighted by atomic mass is 10.3. The van der Waals surface area contributed by atoms with Crippen LogP contribution in [0.1, 0.15) is 17.2 Å². The Hall–Kier alpha value is -2.15. The summed E-state index contributed by atoms with van der Waals surface area (Å²) in [7, 11) is 1.87. The van der Waals surface area contributed by atoms with E-state index in [1.165, 1.54) is 0 Å². The lowest BCUT2D eigenvalue weighted by Gasteiger charge is -2.07. The third-order valence-electron chi connectivity index (χ3n) is 2.61. The Kier molecular flexibility index (Phi) is 3.15. The summed E-state index contributed by atoms with van der Waals surface area (Å²) in [4.78, 5) is 8.30. The molecule has 0 fully saturated rings. The number of aryl methyl sites for hydroxylation is 3. The van der Waals surface area contributed by atoms with Gasteiger partial charge in [-0.05, 0) is 20.8 Å². The molecule has 3 N–H and O–H groups in total. The molecule has 0 amide bonds. The molecule has 0 saturated carbocycles. The van der Waals surface area contributed by atoms with Crippen LogP contribution in [0.25, 0.3) is 0 Å². The van der Waals surface area contributed by atoms with Gasteiger partial charge in [0.15, 0.2) is 5.75 Å². The number of anilines is 1. The van der Waals surface area contributed by atoms with Gasteiger partial charge >= 0.3 is 0 Å². The van der Waals surface area contributed by atoms with Crippen molar-refractivity contribution in [1.29, 1.82) is 0 Å². The number of aromatic nitrogens is 4. The molecule has 0 aromatic carbocycles. The fourth-order valence-corrected chi connectivity index (χ4v) is 1.67. The van der Waals surface area contributed by atoms with E-state index in [1.54, 1.807) is 17.7 Å². The summed E-state index contributed by atoms with van der Waals surface area (Å²) in [5.74, 6) is 7.57.